The van der Waals surface area contributed by atoms with Gasteiger partial charge in [0.2, 0.25) is 5.88 Å². The number of nitrogens with zero attached hydrogens (tertiary/aromatic N) is 3. The fourth-order valence-electron chi connectivity index (χ4n) is 2.26. The lowest BCUT2D eigenvalue weighted by Crippen LogP contribution is -2.27. The van der Waals surface area contributed by atoms with E-state index in [1.54, 1.807) is 45.3 Å². The number of carbonyl (C=O) groups excluding carboxylic acids is 2. The Morgan fingerprint density at radius 2 is 1.93 bits per heavy atom. The van der Waals surface area contributed by atoms with E-state index in [4.69, 9.17) is 20.5 Å². The first-order chi connectivity index (χ1) is 13.8. The van der Waals surface area contributed by atoms with Crippen LogP contribution in [0.15, 0.2) is 30.3 Å². The molecule has 0 aliphatic rings. The quantitative estimate of drug-likeness (QED) is 0.687. The molecular formula is C20H23N5O4. The van der Waals surface area contributed by atoms with Crippen LogP contribution < -0.4 is 20.5 Å². The fraction of sp³-hybridized carbons (Fsp3) is 0.300. The number of amides is 2. The number of hydrogen-bond donors (Lipinski definition) is 2. The molecule has 0 spiro atoms. The number of nitrogens with two attached hydrogens (primary N) is 1. The van der Waals surface area contributed by atoms with Crippen LogP contribution in [0.4, 0.5) is 5.69 Å². The minimum Gasteiger partial charge on any atom is -0.484 e. The van der Waals surface area contributed by atoms with Crippen molar-refractivity contribution < 1.29 is 19.1 Å². The summed E-state index contributed by atoms with van der Waals surface area (Å²) in [4.78, 5) is 29.5. The Morgan fingerprint density at radius 1 is 1.24 bits per heavy atom. The summed E-state index contributed by atoms with van der Waals surface area (Å²) in [6.45, 7) is 2.24. The highest BCUT2D eigenvalue weighted by molar-refractivity contribution is 5.93. The Labute approximate surface area is 169 Å². The number of ether oxygens (including phenoxy) is 2. The molecule has 0 aliphatic carbocycles. The zero-order chi connectivity index (χ0) is 21.4. The summed E-state index contributed by atoms with van der Waals surface area (Å²) in [5.74, 6) is 0.00749. The van der Waals surface area contributed by atoms with Gasteiger partial charge in [0.15, 0.2) is 6.61 Å². The first-order valence-corrected chi connectivity index (χ1v) is 8.89. The number of nitrogens with one attached hydrogen (secondary N) is 1. The Kier molecular flexibility index (Phi) is 7.37. The van der Waals surface area contributed by atoms with Crippen molar-refractivity contribution >= 4 is 17.5 Å². The molecule has 0 bridgehead atoms. The molecule has 29 heavy (non-hydrogen) atoms. The molecule has 0 atom stereocenters. The van der Waals surface area contributed by atoms with Crippen LogP contribution in [0.25, 0.3) is 0 Å². The molecule has 0 saturated carbocycles. The highest BCUT2D eigenvalue weighted by Gasteiger charge is 2.16. The maximum Gasteiger partial charge on any atom is 0.270 e. The lowest BCUT2D eigenvalue weighted by Gasteiger charge is -2.12. The van der Waals surface area contributed by atoms with E-state index in [2.05, 4.69) is 10.3 Å². The van der Waals surface area contributed by atoms with E-state index in [0.717, 1.165) is 5.56 Å². The summed E-state index contributed by atoms with van der Waals surface area (Å²) in [7, 11) is 3.32. The number of likely N-dealkylation sites (N-methyl/N-ethyl adjacent to an activating group) is 1. The van der Waals surface area contributed by atoms with Crippen molar-refractivity contribution in [3.63, 3.8) is 0 Å². The van der Waals surface area contributed by atoms with Crippen molar-refractivity contribution in [1.82, 2.24) is 15.2 Å². The van der Waals surface area contributed by atoms with Gasteiger partial charge in [0.25, 0.3) is 11.8 Å². The number of rotatable bonds is 8. The third-order valence-corrected chi connectivity index (χ3v) is 3.88. The van der Waals surface area contributed by atoms with Crippen LogP contribution in [0.2, 0.25) is 0 Å². The van der Waals surface area contributed by atoms with Gasteiger partial charge in [-0.15, -0.1) is 0 Å². The number of pyridine rings is 1. The Bertz CT molecular complexity index is 920. The minimum atomic E-state index is -0.445. The summed E-state index contributed by atoms with van der Waals surface area (Å²) >= 11 is 0. The number of anilines is 1. The predicted molar refractivity (Wildman–Crippen MR) is 106 cm³/mol. The first kappa shape index (κ1) is 21.5. The van der Waals surface area contributed by atoms with E-state index in [-0.39, 0.29) is 41.9 Å². The van der Waals surface area contributed by atoms with Crippen LogP contribution in [-0.4, -0.2) is 49.0 Å². The minimum absolute atomic E-state index is 0.0360. The molecular weight excluding hydrogens is 374 g/mol. The van der Waals surface area contributed by atoms with Crippen LogP contribution in [0, 0.1) is 11.3 Å². The SMILES string of the molecule is CCOc1nc(C(=O)NCc2ccc(OCC(=O)N(C)C)cc2)cc(N)c1C#N. The summed E-state index contributed by atoms with van der Waals surface area (Å²) in [5, 5.41) is 11.9. The molecule has 0 unspecified atom stereocenters. The Balaban J connectivity index is 1.99. The monoisotopic (exact) mass is 397 g/mol. The van der Waals surface area contributed by atoms with Gasteiger partial charge < -0.3 is 25.4 Å². The number of nitriles is 1. The zero-order valence-corrected chi connectivity index (χ0v) is 16.6. The van der Waals surface area contributed by atoms with Crippen LogP contribution >= 0.6 is 0 Å². The van der Waals surface area contributed by atoms with Crippen molar-refractivity contribution in [2.24, 2.45) is 0 Å². The molecule has 9 heteroatoms. The molecule has 152 valence electrons. The summed E-state index contributed by atoms with van der Waals surface area (Å²) in [6, 6.07) is 10.3. The van der Waals surface area contributed by atoms with Crippen molar-refractivity contribution in [2.75, 3.05) is 33.0 Å². The van der Waals surface area contributed by atoms with E-state index in [9.17, 15) is 9.59 Å². The van der Waals surface area contributed by atoms with Crippen molar-refractivity contribution in [3.8, 4) is 17.7 Å². The molecule has 1 aromatic carbocycles. The predicted octanol–water partition coefficient (Wildman–Crippen LogP) is 1.33. The summed E-state index contributed by atoms with van der Waals surface area (Å²) in [6.07, 6.45) is 0. The molecule has 2 rings (SSSR count). The molecule has 0 saturated heterocycles. The highest BCUT2D eigenvalue weighted by Crippen LogP contribution is 2.22. The third-order valence-electron chi connectivity index (χ3n) is 3.88. The molecule has 0 fully saturated rings. The van der Waals surface area contributed by atoms with Crippen LogP contribution in [0.3, 0.4) is 0 Å². The molecule has 9 nitrogen and oxygen atoms in total. The molecule has 1 aromatic heterocycles. The second-order valence-corrected chi connectivity index (χ2v) is 6.23. The Morgan fingerprint density at radius 3 is 2.52 bits per heavy atom. The largest absolute Gasteiger partial charge is 0.484 e. The van der Waals surface area contributed by atoms with Crippen molar-refractivity contribution in [1.29, 1.82) is 5.26 Å². The van der Waals surface area contributed by atoms with Gasteiger partial charge in [-0.3, -0.25) is 9.59 Å². The van der Waals surface area contributed by atoms with Gasteiger partial charge in [0.05, 0.1) is 12.3 Å². The number of benzene rings is 1. The van der Waals surface area contributed by atoms with Gasteiger partial charge in [-0.05, 0) is 30.7 Å². The summed E-state index contributed by atoms with van der Waals surface area (Å²) < 4.78 is 10.7. The molecule has 1 heterocycles. The first-order valence-electron chi connectivity index (χ1n) is 8.89. The van der Waals surface area contributed by atoms with E-state index < -0.39 is 5.91 Å². The highest BCUT2D eigenvalue weighted by atomic mass is 16.5. The van der Waals surface area contributed by atoms with Crippen LogP contribution in [-0.2, 0) is 11.3 Å². The number of aromatic nitrogens is 1. The van der Waals surface area contributed by atoms with Gasteiger partial charge in [-0.2, -0.15) is 5.26 Å². The lowest BCUT2D eigenvalue weighted by molar-refractivity contribution is -0.130. The maximum atomic E-state index is 12.4. The second kappa shape index (κ2) is 9.94. The van der Waals surface area contributed by atoms with Crippen molar-refractivity contribution in [2.45, 2.75) is 13.5 Å². The standard InChI is InChI=1S/C20H23N5O4/c1-4-28-20-15(10-21)16(22)9-17(24-20)19(27)23-11-13-5-7-14(8-6-13)29-12-18(26)25(2)3/h5-9H,4,11-12H2,1-3H3,(H2,22,24)(H,23,27). The topological polar surface area (TPSA) is 131 Å². The average molecular weight is 397 g/mol. The fourth-order valence-corrected chi connectivity index (χ4v) is 2.26. The van der Waals surface area contributed by atoms with Gasteiger partial charge in [0, 0.05) is 20.6 Å². The molecule has 3 N–H and O–H groups in total. The number of hydrogen-bond acceptors (Lipinski definition) is 7. The molecule has 0 aliphatic heterocycles. The van der Waals surface area contributed by atoms with Gasteiger partial charge in [-0.25, -0.2) is 4.98 Å². The molecule has 0 radical (unpaired) electrons. The van der Waals surface area contributed by atoms with E-state index >= 15 is 0 Å². The lowest BCUT2D eigenvalue weighted by atomic mass is 10.2. The maximum absolute atomic E-state index is 12.4. The van der Waals surface area contributed by atoms with Gasteiger partial charge >= 0.3 is 0 Å². The van der Waals surface area contributed by atoms with Crippen LogP contribution in [0.5, 0.6) is 11.6 Å². The third kappa shape index (κ3) is 5.84. The number of carbonyl (C=O) groups is 2. The summed E-state index contributed by atoms with van der Waals surface area (Å²) in [5.41, 5.74) is 6.95. The number of nitrogen functional groups attached to an aromatic ring is 1. The van der Waals surface area contributed by atoms with Crippen LogP contribution in [0.1, 0.15) is 28.5 Å². The van der Waals surface area contributed by atoms with E-state index in [1.165, 1.54) is 11.0 Å². The molecule has 2 aromatic rings. The van der Waals surface area contributed by atoms with E-state index in [1.807, 2.05) is 6.07 Å². The van der Waals surface area contributed by atoms with E-state index in [0.29, 0.717) is 12.4 Å². The van der Waals surface area contributed by atoms with Gasteiger partial charge in [-0.1, -0.05) is 12.1 Å². The normalized spacial score (nSPS) is 10.0. The Hall–Kier alpha value is -3.80. The van der Waals surface area contributed by atoms with Crippen molar-refractivity contribution in [3.05, 3.63) is 47.2 Å². The second-order valence-electron chi connectivity index (χ2n) is 6.23. The molecule has 2 amide bonds. The smallest absolute Gasteiger partial charge is 0.270 e. The zero-order valence-electron chi connectivity index (χ0n) is 16.6. The average Bonchev–Trinajstić information content (AvgIpc) is 2.70. The van der Waals surface area contributed by atoms with Gasteiger partial charge in [0.1, 0.15) is 23.1 Å².